The van der Waals surface area contributed by atoms with E-state index < -0.39 is 26.8 Å². The van der Waals surface area contributed by atoms with Crippen molar-refractivity contribution in [2.24, 2.45) is 0 Å². The maximum absolute atomic E-state index is 12.1. The van der Waals surface area contributed by atoms with Gasteiger partial charge in [-0.05, 0) is 18.2 Å². The van der Waals surface area contributed by atoms with Crippen molar-refractivity contribution in [2.45, 2.75) is 11.0 Å². The van der Waals surface area contributed by atoms with Crippen LogP contribution in [0, 0.1) is 0 Å². The summed E-state index contributed by atoms with van der Waals surface area (Å²) in [6, 6.07) is 4.38. The van der Waals surface area contributed by atoms with Gasteiger partial charge in [0.05, 0.1) is 16.9 Å². The number of ether oxygens (including phenoxy) is 1. The van der Waals surface area contributed by atoms with Crippen molar-refractivity contribution in [1.29, 1.82) is 0 Å². The first-order valence-corrected chi connectivity index (χ1v) is 6.77. The highest BCUT2D eigenvalue weighted by Gasteiger charge is 2.38. The molecule has 0 radical (unpaired) electrons. The SMILES string of the molecule is COC(=O)C(O)C1=Cc2c(Cl)cccc2S1(=O)=O. The summed E-state index contributed by atoms with van der Waals surface area (Å²) in [7, 11) is -2.83. The summed E-state index contributed by atoms with van der Waals surface area (Å²) >= 11 is 5.87. The predicted molar refractivity (Wildman–Crippen MR) is 64.6 cm³/mol. The molecule has 1 aliphatic heterocycles. The van der Waals surface area contributed by atoms with Crippen LogP contribution in [0.3, 0.4) is 0 Å². The van der Waals surface area contributed by atoms with Gasteiger partial charge >= 0.3 is 5.97 Å². The number of methoxy groups -OCH3 is 1. The lowest BCUT2D eigenvalue weighted by atomic mass is 10.2. The summed E-state index contributed by atoms with van der Waals surface area (Å²) in [5.41, 5.74) is 0.275. The van der Waals surface area contributed by atoms with E-state index in [1.807, 2.05) is 0 Å². The zero-order valence-electron chi connectivity index (χ0n) is 9.25. The van der Waals surface area contributed by atoms with Gasteiger partial charge in [-0.2, -0.15) is 0 Å². The van der Waals surface area contributed by atoms with E-state index in [0.717, 1.165) is 7.11 Å². The summed E-state index contributed by atoms with van der Waals surface area (Å²) in [6.45, 7) is 0. The van der Waals surface area contributed by atoms with Crippen molar-refractivity contribution in [1.82, 2.24) is 0 Å². The van der Waals surface area contributed by atoms with Gasteiger partial charge in [0.15, 0.2) is 6.10 Å². The Morgan fingerprint density at radius 2 is 2.11 bits per heavy atom. The van der Waals surface area contributed by atoms with Crippen LogP contribution in [0.5, 0.6) is 0 Å². The van der Waals surface area contributed by atoms with E-state index in [0.29, 0.717) is 0 Å². The molecule has 1 aliphatic rings. The smallest absolute Gasteiger partial charge is 0.340 e. The average molecular weight is 289 g/mol. The van der Waals surface area contributed by atoms with E-state index >= 15 is 0 Å². The van der Waals surface area contributed by atoms with E-state index in [1.54, 1.807) is 0 Å². The maximum atomic E-state index is 12.1. The maximum Gasteiger partial charge on any atom is 0.340 e. The number of carbonyl (C=O) groups excluding carboxylic acids is 1. The first kappa shape index (κ1) is 13.1. The fraction of sp³-hybridized carbons (Fsp3) is 0.182. The molecule has 0 saturated carbocycles. The Labute approximate surface area is 109 Å². The van der Waals surface area contributed by atoms with Crippen LogP contribution in [0.4, 0.5) is 0 Å². The Balaban J connectivity index is 2.59. The zero-order chi connectivity index (χ0) is 13.5. The molecule has 0 spiro atoms. The number of carbonyl (C=O) groups is 1. The van der Waals surface area contributed by atoms with Gasteiger partial charge in [-0.25, -0.2) is 13.2 Å². The van der Waals surface area contributed by atoms with Gasteiger partial charge in [-0.15, -0.1) is 0 Å². The molecule has 0 amide bonds. The average Bonchev–Trinajstić information content (AvgIpc) is 2.61. The molecule has 5 nitrogen and oxygen atoms in total. The van der Waals surface area contributed by atoms with Gasteiger partial charge in [-0.1, -0.05) is 17.7 Å². The van der Waals surface area contributed by atoms with E-state index in [4.69, 9.17) is 11.6 Å². The first-order valence-electron chi connectivity index (χ1n) is 4.90. The molecule has 1 N–H and O–H groups in total. The third-order valence-electron chi connectivity index (χ3n) is 2.59. The number of esters is 1. The quantitative estimate of drug-likeness (QED) is 0.821. The monoisotopic (exact) mass is 288 g/mol. The molecule has 0 saturated heterocycles. The second kappa shape index (κ2) is 4.38. The van der Waals surface area contributed by atoms with E-state index in [2.05, 4.69) is 4.74 Å². The number of rotatable bonds is 2. The van der Waals surface area contributed by atoms with Crippen LogP contribution >= 0.6 is 11.6 Å². The Morgan fingerprint density at radius 1 is 1.44 bits per heavy atom. The zero-order valence-corrected chi connectivity index (χ0v) is 10.8. The molecular formula is C11H9ClO5S. The number of hydrogen-bond acceptors (Lipinski definition) is 5. The highest BCUT2D eigenvalue weighted by Crippen LogP contribution is 2.38. The Hall–Kier alpha value is -1.37. The fourth-order valence-electron chi connectivity index (χ4n) is 1.69. The van der Waals surface area contributed by atoms with Crippen LogP contribution in [-0.4, -0.2) is 32.7 Å². The van der Waals surface area contributed by atoms with Crippen molar-refractivity contribution >= 4 is 33.5 Å². The highest BCUT2D eigenvalue weighted by atomic mass is 35.5. The van der Waals surface area contributed by atoms with Crippen LogP contribution in [0.2, 0.25) is 5.02 Å². The standard InChI is InChI=1S/C11H9ClO5S/c1-17-11(14)10(13)9-5-6-7(12)3-2-4-8(6)18(9,15)16/h2-5,10,13H,1H3. The first-order chi connectivity index (χ1) is 8.39. The molecule has 7 heteroatoms. The molecule has 0 bridgehead atoms. The molecule has 2 rings (SSSR count). The molecule has 18 heavy (non-hydrogen) atoms. The fourth-order valence-corrected chi connectivity index (χ4v) is 3.61. The summed E-state index contributed by atoms with van der Waals surface area (Å²) in [4.78, 5) is 10.8. The highest BCUT2D eigenvalue weighted by molar-refractivity contribution is 7.96. The lowest BCUT2D eigenvalue weighted by Gasteiger charge is -2.09. The third-order valence-corrected chi connectivity index (χ3v) is 4.82. The third kappa shape index (κ3) is 1.82. The second-order valence-electron chi connectivity index (χ2n) is 3.63. The molecule has 0 aliphatic carbocycles. The molecular weight excluding hydrogens is 280 g/mol. The summed E-state index contributed by atoms with van der Waals surface area (Å²) in [5, 5.41) is 9.89. The summed E-state index contributed by atoms with van der Waals surface area (Å²) < 4.78 is 28.5. The number of aliphatic hydroxyl groups is 1. The van der Waals surface area contributed by atoms with Crippen LogP contribution < -0.4 is 0 Å². The van der Waals surface area contributed by atoms with Gasteiger partial charge in [-0.3, -0.25) is 0 Å². The van der Waals surface area contributed by atoms with Crippen LogP contribution in [0.25, 0.3) is 6.08 Å². The van der Waals surface area contributed by atoms with E-state index in [-0.39, 0.29) is 15.5 Å². The lowest BCUT2D eigenvalue weighted by Crippen LogP contribution is -2.26. The molecule has 1 unspecified atom stereocenters. The molecule has 0 fully saturated rings. The minimum atomic E-state index is -3.90. The second-order valence-corrected chi connectivity index (χ2v) is 5.95. The number of sulfone groups is 1. The van der Waals surface area contributed by atoms with Crippen molar-refractivity contribution < 1.29 is 23.1 Å². The summed E-state index contributed by atoms with van der Waals surface area (Å²) in [5.74, 6) is -1.03. The molecule has 1 aromatic rings. The number of halogens is 1. The summed E-state index contributed by atoms with van der Waals surface area (Å²) in [6.07, 6.45) is -0.655. The minimum absolute atomic E-state index is 0.0204. The van der Waals surface area contributed by atoms with Gasteiger partial charge < -0.3 is 9.84 Å². The van der Waals surface area contributed by atoms with Crippen molar-refractivity contribution in [2.75, 3.05) is 7.11 Å². The van der Waals surface area contributed by atoms with E-state index in [1.165, 1.54) is 24.3 Å². The van der Waals surface area contributed by atoms with Crippen molar-refractivity contribution in [3.05, 3.63) is 33.7 Å². The lowest BCUT2D eigenvalue weighted by molar-refractivity contribution is -0.147. The molecule has 1 atom stereocenters. The van der Waals surface area contributed by atoms with E-state index in [9.17, 15) is 18.3 Å². The predicted octanol–water partition coefficient (Wildman–Crippen LogP) is 1.00. The molecule has 1 heterocycles. The Morgan fingerprint density at radius 3 is 2.67 bits per heavy atom. The number of aliphatic hydroxyl groups excluding tert-OH is 1. The molecule has 96 valence electrons. The Kier molecular flexibility index (Phi) is 3.18. The van der Waals surface area contributed by atoms with Gasteiger partial charge in [0, 0.05) is 10.6 Å². The number of fused-ring (bicyclic) bond motifs is 1. The van der Waals surface area contributed by atoms with Crippen LogP contribution in [0.15, 0.2) is 28.0 Å². The minimum Gasteiger partial charge on any atom is -0.467 e. The van der Waals surface area contributed by atoms with Gasteiger partial charge in [0.1, 0.15) is 0 Å². The number of hydrogen-bond donors (Lipinski definition) is 1. The molecule has 1 aromatic carbocycles. The van der Waals surface area contributed by atoms with Crippen LogP contribution in [0.1, 0.15) is 5.56 Å². The number of benzene rings is 1. The Bertz CT molecular complexity index is 647. The van der Waals surface area contributed by atoms with Gasteiger partial charge in [0.25, 0.3) is 0 Å². The molecule has 0 aromatic heterocycles. The largest absolute Gasteiger partial charge is 0.467 e. The topological polar surface area (TPSA) is 80.7 Å². The van der Waals surface area contributed by atoms with Gasteiger partial charge in [0.2, 0.25) is 9.84 Å². The van der Waals surface area contributed by atoms with Crippen molar-refractivity contribution in [3.63, 3.8) is 0 Å². The normalized spacial score (nSPS) is 17.8. The van der Waals surface area contributed by atoms with Crippen LogP contribution in [-0.2, 0) is 19.4 Å². The van der Waals surface area contributed by atoms with Crippen molar-refractivity contribution in [3.8, 4) is 0 Å².